The van der Waals surface area contributed by atoms with Gasteiger partial charge in [-0.1, -0.05) is 66.2 Å². The number of halogens is 1. The standard InChI is InChI=1S/C22H19ClN2O2/c23-20-7-4-12-24-22(20)27-19-14-25(15-19)21(26)13-16-8-10-18(11-9-16)17-5-2-1-3-6-17/h1-12,19H,13-15H2. The van der Waals surface area contributed by atoms with Gasteiger partial charge in [0.25, 0.3) is 0 Å². The van der Waals surface area contributed by atoms with Gasteiger partial charge < -0.3 is 9.64 Å². The molecule has 0 radical (unpaired) electrons. The van der Waals surface area contributed by atoms with E-state index in [0.717, 1.165) is 11.1 Å². The highest BCUT2D eigenvalue weighted by Crippen LogP contribution is 2.24. The molecule has 0 aliphatic carbocycles. The quantitative estimate of drug-likeness (QED) is 0.667. The molecule has 0 spiro atoms. The van der Waals surface area contributed by atoms with Crippen LogP contribution in [0.4, 0.5) is 0 Å². The van der Waals surface area contributed by atoms with Gasteiger partial charge in [0.05, 0.1) is 19.5 Å². The van der Waals surface area contributed by atoms with Gasteiger partial charge >= 0.3 is 0 Å². The third-order valence-electron chi connectivity index (χ3n) is 4.62. The van der Waals surface area contributed by atoms with E-state index >= 15 is 0 Å². The van der Waals surface area contributed by atoms with Gasteiger partial charge in [-0.15, -0.1) is 0 Å². The minimum absolute atomic E-state index is 0.0539. The number of ether oxygens (including phenoxy) is 1. The lowest BCUT2D eigenvalue weighted by molar-refractivity contribution is -0.139. The first-order valence-electron chi connectivity index (χ1n) is 8.88. The molecule has 0 atom stereocenters. The maximum Gasteiger partial charge on any atom is 0.232 e. The number of hydrogen-bond acceptors (Lipinski definition) is 3. The van der Waals surface area contributed by atoms with Crippen molar-refractivity contribution in [3.8, 4) is 17.0 Å². The molecule has 1 fully saturated rings. The van der Waals surface area contributed by atoms with Gasteiger partial charge in [0.15, 0.2) is 0 Å². The van der Waals surface area contributed by atoms with Crippen LogP contribution < -0.4 is 4.74 Å². The number of pyridine rings is 1. The van der Waals surface area contributed by atoms with Gasteiger partial charge in [-0.3, -0.25) is 4.79 Å². The first kappa shape index (κ1) is 17.6. The Labute approximate surface area is 163 Å². The largest absolute Gasteiger partial charge is 0.470 e. The minimum atomic E-state index is -0.0539. The van der Waals surface area contributed by atoms with Gasteiger partial charge in [0.1, 0.15) is 11.1 Å². The molecular formula is C22H19ClN2O2. The molecule has 0 bridgehead atoms. The first-order valence-corrected chi connectivity index (χ1v) is 9.26. The van der Waals surface area contributed by atoms with E-state index < -0.39 is 0 Å². The zero-order valence-electron chi connectivity index (χ0n) is 14.7. The number of likely N-dealkylation sites (tertiary alicyclic amines) is 1. The first-order chi connectivity index (χ1) is 13.2. The van der Waals surface area contributed by atoms with Crippen molar-refractivity contribution in [1.29, 1.82) is 0 Å². The summed E-state index contributed by atoms with van der Waals surface area (Å²) >= 11 is 6.04. The molecule has 4 nitrogen and oxygen atoms in total. The number of carbonyl (C=O) groups is 1. The number of hydrogen-bond donors (Lipinski definition) is 0. The molecule has 4 rings (SSSR count). The van der Waals surface area contributed by atoms with E-state index in [1.54, 1.807) is 23.2 Å². The Morgan fingerprint density at radius 2 is 1.70 bits per heavy atom. The van der Waals surface area contributed by atoms with Crippen LogP contribution in [-0.2, 0) is 11.2 Å². The average Bonchev–Trinajstić information content (AvgIpc) is 2.67. The van der Waals surface area contributed by atoms with Crippen LogP contribution in [0.15, 0.2) is 72.9 Å². The van der Waals surface area contributed by atoms with E-state index in [2.05, 4.69) is 29.2 Å². The van der Waals surface area contributed by atoms with E-state index in [1.165, 1.54) is 5.56 Å². The molecule has 2 heterocycles. The second-order valence-electron chi connectivity index (χ2n) is 6.57. The molecule has 1 aromatic heterocycles. The number of amides is 1. The number of rotatable bonds is 5. The highest BCUT2D eigenvalue weighted by molar-refractivity contribution is 6.31. The Hall–Kier alpha value is -2.85. The molecule has 5 heteroatoms. The van der Waals surface area contributed by atoms with Gasteiger partial charge in [-0.2, -0.15) is 0 Å². The predicted molar refractivity (Wildman–Crippen MR) is 106 cm³/mol. The maximum absolute atomic E-state index is 12.4. The fraction of sp³-hybridized carbons (Fsp3) is 0.182. The Morgan fingerprint density at radius 1 is 1.00 bits per heavy atom. The topological polar surface area (TPSA) is 42.4 Å². The Kier molecular flexibility index (Phi) is 5.07. The number of carbonyl (C=O) groups excluding carboxylic acids is 1. The SMILES string of the molecule is O=C(Cc1ccc(-c2ccccc2)cc1)N1CC(Oc2ncccc2Cl)C1. The van der Waals surface area contributed by atoms with Crippen LogP contribution in [0.5, 0.6) is 5.88 Å². The summed E-state index contributed by atoms with van der Waals surface area (Å²) in [5, 5.41) is 0.487. The molecule has 1 amide bonds. The molecule has 3 aromatic rings. The molecule has 0 N–H and O–H groups in total. The summed E-state index contributed by atoms with van der Waals surface area (Å²) in [5.74, 6) is 0.530. The van der Waals surface area contributed by atoms with Crippen molar-refractivity contribution in [1.82, 2.24) is 9.88 Å². The fourth-order valence-corrected chi connectivity index (χ4v) is 3.23. The van der Waals surface area contributed by atoms with Crippen LogP contribution in [-0.4, -0.2) is 35.0 Å². The maximum atomic E-state index is 12.4. The molecule has 2 aromatic carbocycles. The van der Waals surface area contributed by atoms with Crippen LogP contribution in [0.3, 0.4) is 0 Å². The summed E-state index contributed by atoms with van der Waals surface area (Å²) in [4.78, 5) is 18.4. The van der Waals surface area contributed by atoms with E-state index in [-0.39, 0.29) is 12.0 Å². The molecule has 1 saturated heterocycles. The zero-order chi connectivity index (χ0) is 18.6. The summed E-state index contributed by atoms with van der Waals surface area (Å²) in [6, 6.07) is 21.8. The second kappa shape index (κ2) is 7.80. The van der Waals surface area contributed by atoms with E-state index in [1.807, 2.05) is 30.3 Å². The third kappa shape index (κ3) is 4.12. The highest BCUT2D eigenvalue weighted by atomic mass is 35.5. The van der Waals surface area contributed by atoms with Crippen LogP contribution >= 0.6 is 11.6 Å². The van der Waals surface area contributed by atoms with E-state index in [9.17, 15) is 4.79 Å². The molecule has 0 unspecified atom stereocenters. The lowest BCUT2D eigenvalue weighted by Gasteiger charge is -2.38. The fourth-order valence-electron chi connectivity index (χ4n) is 3.06. The summed E-state index contributed by atoms with van der Waals surface area (Å²) < 4.78 is 5.74. The van der Waals surface area contributed by atoms with Crippen molar-refractivity contribution in [3.05, 3.63) is 83.5 Å². The van der Waals surface area contributed by atoms with E-state index in [4.69, 9.17) is 16.3 Å². The minimum Gasteiger partial charge on any atom is -0.470 e. The third-order valence-corrected chi connectivity index (χ3v) is 4.91. The van der Waals surface area contributed by atoms with Crippen LogP contribution in [0, 0.1) is 0 Å². The van der Waals surface area contributed by atoms with Crippen molar-refractivity contribution in [3.63, 3.8) is 0 Å². The molecule has 136 valence electrons. The molecule has 1 aliphatic rings. The van der Waals surface area contributed by atoms with Crippen molar-refractivity contribution in [2.75, 3.05) is 13.1 Å². The molecule has 1 aliphatic heterocycles. The Bertz CT molecular complexity index is 923. The van der Waals surface area contributed by atoms with Gasteiger partial charge in [0, 0.05) is 6.20 Å². The van der Waals surface area contributed by atoms with Crippen LogP contribution in [0.2, 0.25) is 5.02 Å². The van der Waals surface area contributed by atoms with Crippen LogP contribution in [0.1, 0.15) is 5.56 Å². The lowest BCUT2D eigenvalue weighted by Crippen LogP contribution is -2.56. The Morgan fingerprint density at radius 3 is 2.41 bits per heavy atom. The van der Waals surface area contributed by atoms with Gasteiger partial charge in [-0.05, 0) is 28.8 Å². The van der Waals surface area contributed by atoms with Gasteiger partial charge in [-0.25, -0.2) is 4.98 Å². The lowest BCUT2D eigenvalue weighted by atomic mass is 10.0. The summed E-state index contributed by atoms with van der Waals surface area (Å²) in [6.45, 7) is 1.13. The molecular weight excluding hydrogens is 360 g/mol. The van der Waals surface area contributed by atoms with Crippen molar-refractivity contribution >= 4 is 17.5 Å². The average molecular weight is 379 g/mol. The molecule has 27 heavy (non-hydrogen) atoms. The Balaban J connectivity index is 1.30. The van der Waals surface area contributed by atoms with Gasteiger partial charge in [0.2, 0.25) is 11.8 Å². The van der Waals surface area contributed by atoms with Crippen molar-refractivity contribution in [2.45, 2.75) is 12.5 Å². The highest BCUT2D eigenvalue weighted by Gasteiger charge is 2.32. The van der Waals surface area contributed by atoms with Crippen LogP contribution in [0.25, 0.3) is 11.1 Å². The van der Waals surface area contributed by atoms with Crippen molar-refractivity contribution in [2.24, 2.45) is 0 Å². The summed E-state index contributed by atoms with van der Waals surface area (Å²) in [5.41, 5.74) is 3.33. The number of nitrogens with zero attached hydrogens (tertiary/aromatic N) is 2. The normalized spacial score (nSPS) is 13.9. The smallest absolute Gasteiger partial charge is 0.232 e. The monoisotopic (exact) mass is 378 g/mol. The number of benzene rings is 2. The predicted octanol–water partition coefficient (Wildman–Crippen LogP) is 4.23. The zero-order valence-corrected chi connectivity index (χ0v) is 15.5. The van der Waals surface area contributed by atoms with E-state index in [0.29, 0.717) is 30.4 Å². The number of aromatic nitrogens is 1. The second-order valence-corrected chi connectivity index (χ2v) is 6.98. The summed E-state index contributed by atoms with van der Waals surface area (Å²) in [7, 11) is 0. The summed E-state index contributed by atoms with van der Waals surface area (Å²) in [6.07, 6.45) is 1.98. The molecule has 0 saturated carbocycles. The van der Waals surface area contributed by atoms with Crippen molar-refractivity contribution < 1.29 is 9.53 Å².